The number of para-hydroxylation sites is 1. The number of carbonyl (C=O) groups excluding carboxylic acids is 1. The third-order valence-corrected chi connectivity index (χ3v) is 6.48. The fourth-order valence-corrected chi connectivity index (χ4v) is 4.72. The van der Waals surface area contributed by atoms with Crippen molar-refractivity contribution in [1.82, 2.24) is 9.97 Å². The first-order valence-electron chi connectivity index (χ1n) is 10.9. The fourth-order valence-electron chi connectivity index (χ4n) is 4.09. The number of nitrogens with zero attached hydrogens (tertiary/aromatic N) is 4. The largest absolute Gasteiger partial charge is 0.368 e. The van der Waals surface area contributed by atoms with E-state index in [1.54, 1.807) is 6.20 Å². The summed E-state index contributed by atoms with van der Waals surface area (Å²) in [5, 5.41) is 3.67. The highest BCUT2D eigenvalue weighted by Gasteiger charge is 2.19. The standard InChI is InChI=1S/C25H29N5OS/c1-18-15-19(2)24(20(3)16-18)28-23(31)17-32-25-26-10-9-22(27-25)30-13-11-29(12-14-30)21-7-5-4-6-8-21/h4-10,15-16H,11-14,17H2,1-3H3,(H,28,31). The first-order chi connectivity index (χ1) is 15.5. The number of carbonyl (C=O) groups is 1. The van der Waals surface area contributed by atoms with Crippen molar-refractivity contribution in [2.45, 2.75) is 25.9 Å². The Morgan fingerprint density at radius 1 is 0.969 bits per heavy atom. The molecule has 2 aromatic carbocycles. The lowest BCUT2D eigenvalue weighted by Gasteiger charge is -2.36. The summed E-state index contributed by atoms with van der Waals surface area (Å²) >= 11 is 1.37. The number of hydrogen-bond donors (Lipinski definition) is 1. The quantitative estimate of drug-likeness (QED) is 0.445. The van der Waals surface area contributed by atoms with Crippen LogP contribution in [0.4, 0.5) is 17.2 Å². The van der Waals surface area contributed by atoms with Crippen molar-refractivity contribution in [2.75, 3.05) is 47.0 Å². The number of aryl methyl sites for hydroxylation is 3. The fraction of sp³-hybridized carbons (Fsp3) is 0.320. The molecule has 32 heavy (non-hydrogen) atoms. The molecule has 0 radical (unpaired) electrons. The molecule has 0 saturated carbocycles. The molecule has 7 heteroatoms. The predicted molar refractivity (Wildman–Crippen MR) is 133 cm³/mol. The van der Waals surface area contributed by atoms with E-state index in [2.05, 4.69) is 63.4 Å². The van der Waals surface area contributed by atoms with Crippen molar-refractivity contribution in [3.05, 3.63) is 71.4 Å². The van der Waals surface area contributed by atoms with Gasteiger partial charge >= 0.3 is 0 Å². The molecule has 1 aliphatic heterocycles. The molecule has 1 fully saturated rings. The van der Waals surface area contributed by atoms with Gasteiger partial charge in [0.1, 0.15) is 5.82 Å². The highest BCUT2D eigenvalue weighted by Crippen LogP contribution is 2.24. The minimum Gasteiger partial charge on any atom is -0.368 e. The second-order valence-electron chi connectivity index (χ2n) is 8.12. The van der Waals surface area contributed by atoms with Crippen molar-refractivity contribution in [1.29, 1.82) is 0 Å². The van der Waals surface area contributed by atoms with Gasteiger partial charge in [0.25, 0.3) is 0 Å². The van der Waals surface area contributed by atoms with Gasteiger partial charge < -0.3 is 15.1 Å². The van der Waals surface area contributed by atoms with Crippen LogP contribution in [0.25, 0.3) is 0 Å². The number of thioether (sulfide) groups is 1. The average Bonchev–Trinajstić information content (AvgIpc) is 2.81. The molecule has 1 amide bonds. The Bertz CT molecular complexity index is 1060. The number of rotatable bonds is 6. The van der Waals surface area contributed by atoms with Gasteiger partial charge in [0.05, 0.1) is 5.75 Å². The van der Waals surface area contributed by atoms with E-state index in [4.69, 9.17) is 4.98 Å². The van der Waals surface area contributed by atoms with Crippen LogP contribution in [0, 0.1) is 20.8 Å². The summed E-state index contributed by atoms with van der Waals surface area (Å²) in [6.45, 7) is 9.82. The van der Waals surface area contributed by atoms with E-state index in [1.807, 2.05) is 26.0 Å². The molecule has 0 aliphatic carbocycles. The van der Waals surface area contributed by atoms with Crippen LogP contribution in [0.15, 0.2) is 59.9 Å². The van der Waals surface area contributed by atoms with Gasteiger partial charge in [0, 0.05) is 43.8 Å². The van der Waals surface area contributed by atoms with Crippen molar-refractivity contribution >= 4 is 34.9 Å². The minimum atomic E-state index is -0.0458. The van der Waals surface area contributed by atoms with E-state index in [-0.39, 0.29) is 11.7 Å². The predicted octanol–water partition coefficient (Wildman–Crippen LogP) is 4.46. The number of aromatic nitrogens is 2. The van der Waals surface area contributed by atoms with Crippen LogP contribution in [0.2, 0.25) is 0 Å². The van der Waals surface area contributed by atoms with Gasteiger partial charge in [-0.25, -0.2) is 9.97 Å². The summed E-state index contributed by atoms with van der Waals surface area (Å²) in [5.74, 6) is 1.15. The smallest absolute Gasteiger partial charge is 0.234 e. The number of piperazine rings is 1. The molecular formula is C25H29N5OS. The number of hydrogen-bond acceptors (Lipinski definition) is 6. The number of anilines is 3. The number of amides is 1. The Balaban J connectivity index is 1.32. The maximum atomic E-state index is 12.5. The van der Waals surface area contributed by atoms with E-state index >= 15 is 0 Å². The topological polar surface area (TPSA) is 61.4 Å². The Morgan fingerprint density at radius 3 is 2.31 bits per heavy atom. The molecule has 0 atom stereocenters. The first-order valence-corrected chi connectivity index (χ1v) is 11.9. The van der Waals surface area contributed by atoms with E-state index in [0.29, 0.717) is 5.16 Å². The SMILES string of the molecule is Cc1cc(C)c(NC(=O)CSc2nccc(N3CCN(c4ccccc4)CC3)n2)c(C)c1. The zero-order valence-electron chi connectivity index (χ0n) is 18.8. The zero-order valence-corrected chi connectivity index (χ0v) is 19.7. The molecule has 0 unspecified atom stereocenters. The third-order valence-electron chi connectivity index (χ3n) is 5.62. The Morgan fingerprint density at radius 2 is 1.62 bits per heavy atom. The van der Waals surface area contributed by atoms with Gasteiger partial charge in [-0.1, -0.05) is 47.7 Å². The Labute approximate surface area is 194 Å². The van der Waals surface area contributed by atoms with Crippen LogP contribution >= 0.6 is 11.8 Å². The Kier molecular flexibility index (Phi) is 6.95. The molecule has 1 N–H and O–H groups in total. The molecule has 166 valence electrons. The van der Waals surface area contributed by atoms with Crippen molar-refractivity contribution in [2.24, 2.45) is 0 Å². The maximum Gasteiger partial charge on any atom is 0.234 e. The van der Waals surface area contributed by atoms with Crippen molar-refractivity contribution in [3.63, 3.8) is 0 Å². The summed E-state index contributed by atoms with van der Waals surface area (Å²) in [4.78, 5) is 26.3. The van der Waals surface area contributed by atoms with Crippen LogP contribution in [-0.4, -0.2) is 47.8 Å². The zero-order chi connectivity index (χ0) is 22.5. The lowest BCUT2D eigenvalue weighted by Crippen LogP contribution is -2.46. The summed E-state index contributed by atoms with van der Waals surface area (Å²) in [5.41, 5.74) is 5.51. The average molecular weight is 448 g/mol. The molecule has 6 nitrogen and oxygen atoms in total. The van der Waals surface area contributed by atoms with Gasteiger partial charge in [0.2, 0.25) is 5.91 Å². The summed E-state index contributed by atoms with van der Waals surface area (Å²) in [6.07, 6.45) is 1.78. The maximum absolute atomic E-state index is 12.5. The molecular weight excluding hydrogens is 418 g/mol. The lowest BCUT2D eigenvalue weighted by molar-refractivity contribution is -0.113. The van der Waals surface area contributed by atoms with Crippen LogP contribution in [0.5, 0.6) is 0 Å². The molecule has 4 rings (SSSR count). The molecule has 3 aromatic rings. The van der Waals surface area contributed by atoms with Gasteiger partial charge in [-0.3, -0.25) is 4.79 Å². The summed E-state index contributed by atoms with van der Waals surface area (Å²) in [6, 6.07) is 16.6. The van der Waals surface area contributed by atoms with Crippen molar-refractivity contribution in [3.8, 4) is 0 Å². The van der Waals surface area contributed by atoms with Crippen molar-refractivity contribution < 1.29 is 4.79 Å². The van der Waals surface area contributed by atoms with Crippen LogP contribution in [-0.2, 0) is 4.79 Å². The van der Waals surface area contributed by atoms with E-state index in [9.17, 15) is 4.79 Å². The summed E-state index contributed by atoms with van der Waals surface area (Å²) < 4.78 is 0. The molecule has 1 aliphatic rings. The van der Waals surface area contributed by atoms with E-state index in [1.165, 1.54) is 23.0 Å². The second kappa shape index (κ2) is 10.0. The van der Waals surface area contributed by atoms with E-state index < -0.39 is 0 Å². The molecule has 1 aromatic heterocycles. The molecule has 2 heterocycles. The monoisotopic (exact) mass is 447 g/mol. The third kappa shape index (κ3) is 5.40. The molecule has 0 bridgehead atoms. The van der Waals surface area contributed by atoms with Crippen LogP contribution < -0.4 is 15.1 Å². The van der Waals surface area contributed by atoms with E-state index in [0.717, 1.165) is 48.8 Å². The Hall–Kier alpha value is -3.06. The minimum absolute atomic E-state index is 0.0458. The van der Waals surface area contributed by atoms with Gasteiger partial charge in [-0.05, 0) is 50.1 Å². The highest BCUT2D eigenvalue weighted by molar-refractivity contribution is 7.99. The van der Waals surface area contributed by atoms with Crippen LogP contribution in [0.1, 0.15) is 16.7 Å². The first kappa shape index (κ1) is 22.1. The van der Waals surface area contributed by atoms with Gasteiger partial charge in [-0.2, -0.15) is 0 Å². The number of benzene rings is 2. The lowest BCUT2D eigenvalue weighted by atomic mass is 10.1. The molecule has 1 saturated heterocycles. The summed E-state index contributed by atoms with van der Waals surface area (Å²) in [7, 11) is 0. The highest BCUT2D eigenvalue weighted by atomic mass is 32.2. The van der Waals surface area contributed by atoms with Gasteiger partial charge in [-0.15, -0.1) is 0 Å². The number of nitrogens with one attached hydrogen (secondary N) is 1. The normalized spacial score (nSPS) is 13.8. The second-order valence-corrected chi connectivity index (χ2v) is 9.06. The van der Waals surface area contributed by atoms with Gasteiger partial charge in [0.15, 0.2) is 5.16 Å². The van der Waals surface area contributed by atoms with Crippen LogP contribution in [0.3, 0.4) is 0 Å². The molecule has 0 spiro atoms.